The number of phenolic OH excluding ortho intramolecular Hbond substituents is 1. The van der Waals surface area contributed by atoms with Gasteiger partial charge in [0.1, 0.15) is 0 Å². The highest BCUT2D eigenvalue weighted by atomic mass is 16.5. The molecule has 0 aromatic heterocycles. The molecule has 0 aliphatic heterocycles. The Bertz CT molecular complexity index is 256. The molecule has 0 heterocycles. The molecule has 65 valence electrons. The Morgan fingerprint density at radius 1 is 1.50 bits per heavy atom. The molecule has 0 aliphatic carbocycles. The second kappa shape index (κ2) is 4.00. The summed E-state index contributed by atoms with van der Waals surface area (Å²) in [6, 6.07) is 5.46. The summed E-state index contributed by atoms with van der Waals surface area (Å²) in [7, 11) is 0. The van der Waals surface area contributed by atoms with Gasteiger partial charge in [0.15, 0.2) is 11.5 Å². The summed E-state index contributed by atoms with van der Waals surface area (Å²) in [5, 5.41) is 9.56. The van der Waals surface area contributed by atoms with Gasteiger partial charge in [0.2, 0.25) is 0 Å². The first-order valence-corrected chi connectivity index (χ1v) is 4.03. The van der Waals surface area contributed by atoms with Gasteiger partial charge < -0.3 is 9.84 Å². The van der Waals surface area contributed by atoms with E-state index in [0.717, 1.165) is 5.56 Å². The molecule has 0 bridgehead atoms. The van der Waals surface area contributed by atoms with E-state index in [-0.39, 0.29) is 5.75 Å². The van der Waals surface area contributed by atoms with Crippen molar-refractivity contribution < 1.29 is 9.84 Å². The van der Waals surface area contributed by atoms with Crippen molar-refractivity contribution in [1.29, 1.82) is 0 Å². The maximum Gasteiger partial charge on any atom is 0.161 e. The molecule has 0 saturated heterocycles. The van der Waals surface area contributed by atoms with E-state index in [1.807, 2.05) is 32.4 Å². The minimum Gasteiger partial charge on any atom is -0.504 e. The molecular weight excluding hydrogens is 152 g/mol. The number of benzene rings is 1. The van der Waals surface area contributed by atoms with Gasteiger partial charge in [-0.25, -0.2) is 0 Å². The highest BCUT2D eigenvalue weighted by Crippen LogP contribution is 2.30. The van der Waals surface area contributed by atoms with Crippen LogP contribution in [0.1, 0.15) is 19.4 Å². The second-order valence-electron chi connectivity index (χ2n) is 2.42. The monoisotopic (exact) mass is 165 g/mol. The van der Waals surface area contributed by atoms with Crippen molar-refractivity contribution in [2.45, 2.75) is 13.8 Å². The van der Waals surface area contributed by atoms with Gasteiger partial charge in [-0.3, -0.25) is 0 Å². The van der Waals surface area contributed by atoms with Crippen LogP contribution in [0, 0.1) is 6.42 Å². The fourth-order valence-electron chi connectivity index (χ4n) is 1.04. The van der Waals surface area contributed by atoms with Crippen LogP contribution < -0.4 is 4.74 Å². The molecule has 0 unspecified atom stereocenters. The summed E-state index contributed by atoms with van der Waals surface area (Å²) in [4.78, 5) is 0. The molecule has 1 radical (unpaired) electrons. The molecule has 0 fully saturated rings. The normalized spacial score (nSPS) is 9.83. The average molecular weight is 165 g/mol. The van der Waals surface area contributed by atoms with E-state index in [4.69, 9.17) is 4.74 Å². The van der Waals surface area contributed by atoms with E-state index >= 15 is 0 Å². The largest absolute Gasteiger partial charge is 0.504 e. The van der Waals surface area contributed by atoms with Gasteiger partial charge in [-0.15, -0.1) is 0 Å². The van der Waals surface area contributed by atoms with Gasteiger partial charge in [-0.05, 0) is 19.4 Å². The number of para-hydroxylation sites is 1. The molecule has 12 heavy (non-hydrogen) atoms. The van der Waals surface area contributed by atoms with Crippen LogP contribution in [0.4, 0.5) is 0 Å². The predicted octanol–water partition coefficient (Wildman–Crippen LogP) is 2.36. The molecule has 1 aromatic carbocycles. The highest BCUT2D eigenvalue weighted by molar-refractivity contribution is 5.48. The average Bonchev–Trinajstić information content (AvgIpc) is 2.09. The fourth-order valence-corrected chi connectivity index (χ4v) is 1.04. The molecule has 1 N–H and O–H groups in total. The van der Waals surface area contributed by atoms with Crippen molar-refractivity contribution in [2.75, 3.05) is 6.61 Å². The zero-order chi connectivity index (χ0) is 8.97. The number of hydrogen-bond donors (Lipinski definition) is 1. The first-order chi connectivity index (χ1) is 5.79. The Morgan fingerprint density at radius 3 is 2.83 bits per heavy atom. The molecule has 0 aliphatic rings. The summed E-state index contributed by atoms with van der Waals surface area (Å²) in [5.41, 5.74) is 0.806. The summed E-state index contributed by atoms with van der Waals surface area (Å²) in [6.45, 7) is 4.34. The first kappa shape index (κ1) is 8.91. The maximum absolute atomic E-state index is 9.56. The Balaban J connectivity index is 2.97. The number of aromatic hydroxyl groups is 1. The van der Waals surface area contributed by atoms with Crippen LogP contribution in [-0.2, 0) is 0 Å². The third-order valence-corrected chi connectivity index (χ3v) is 1.64. The van der Waals surface area contributed by atoms with Crippen molar-refractivity contribution in [2.24, 2.45) is 0 Å². The molecule has 0 saturated carbocycles. The SMILES string of the molecule is C[CH]c1cccc(OCC)c1O. The molecule has 0 spiro atoms. The predicted molar refractivity (Wildman–Crippen MR) is 48.4 cm³/mol. The van der Waals surface area contributed by atoms with Crippen LogP contribution in [0.3, 0.4) is 0 Å². The zero-order valence-electron chi connectivity index (χ0n) is 7.37. The Morgan fingerprint density at radius 2 is 2.25 bits per heavy atom. The van der Waals surface area contributed by atoms with E-state index in [1.165, 1.54) is 0 Å². The summed E-state index contributed by atoms with van der Waals surface area (Å²) < 4.78 is 5.21. The summed E-state index contributed by atoms with van der Waals surface area (Å²) >= 11 is 0. The van der Waals surface area contributed by atoms with Gasteiger partial charge >= 0.3 is 0 Å². The van der Waals surface area contributed by atoms with E-state index in [0.29, 0.717) is 12.4 Å². The van der Waals surface area contributed by atoms with Crippen molar-refractivity contribution in [3.05, 3.63) is 30.2 Å². The minimum absolute atomic E-state index is 0.224. The van der Waals surface area contributed by atoms with Crippen molar-refractivity contribution in [1.82, 2.24) is 0 Å². The summed E-state index contributed by atoms with van der Waals surface area (Å²) in [5.74, 6) is 0.773. The Kier molecular flexibility index (Phi) is 2.97. The molecule has 1 aromatic rings. The fraction of sp³-hybridized carbons (Fsp3) is 0.300. The summed E-state index contributed by atoms with van der Waals surface area (Å²) in [6.07, 6.45) is 1.85. The molecule has 0 atom stereocenters. The van der Waals surface area contributed by atoms with Crippen LogP contribution in [0.5, 0.6) is 11.5 Å². The Labute approximate surface area is 72.8 Å². The van der Waals surface area contributed by atoms with Crippen molar-refractivity contribution in [3.8, 4) is 11.5 Å². The molecule has 0 amide bonds. The first-order valence-electron chi connectivity index (χ1n) is 4.03. The lowest BCUT2D eigenvalue weighted by molar-refractivity contribution is 0.317. The van der Waals surface area contributed by atoms with Crippen LogP contribution in [0.25, 0.3) is 0 Å². The van der Waals surface area contributed by atoms with Crippen LogP contribution >= 0.6 is 0 Å². The van der Waals surface area contributed by atoms with Gasteiger partial charge in [0, 0.05) is 5.56 Å². The number of hydrogen-bond acceptors (Lipinski definition) is 2. The molecular formula is C10H13O2. The topological polar surface area (TPSA) is 29.5 Å². The number of ether oxygens (including phenoxy) is 1. The molecule has 1 rings (SSSR count). The van der Waals surface area contributed by atoms with Crippen molar-refractivity contribution >= 4 is 0 Å². The lowest BCUT2D eigenvalue weighted by atomic mass is 10.1. The van der Waals surface area contributed by atoms with Gasteiger partial charge in [-0.2, -0.15) is 0 Å². The van der Waals surface area contributed by atoms with Gasteiger partial charge in [0.05, 0.1) is 6.61 Å². The Hall–Kier alpha value is -1.18. The molecule has 2 heteroatoms. The quantitative estimate of drug-likeness (QED) is 0.745. The van der Waals surface area contributed by atoms with E-state index in [9.17, 15) is 5.11 Å². The lowest BCUT2D eigenvalue weighted by Crippen LogP contribution is -1.92. The van der Waals surface area contributed by atoms with Crippen LogP contribution in [0.2, 0.25) is 0 Å². The zero-order valence-corrected chi connectivity index (χ0v) is 7.37. The number of rotatable bonds is 3. The van der Waals surface area contributed by atoms with Crippen LogP contribution in [0.15, 0.2) is 18.2 Å². The third-order valence-electron chi connectivity index (χ3n) is 1.64. The highest BCUT2D eigenvalue weighted by Gasteiger charge is 2.04. The van der Waals surface area contributed by atoms with Crippen molar-refractivity contribution in [3.63, 3.8) is 0 Å². The molecule has 2 nitrogen and oxygen atoms in total. The minimum atomic E-state index is 0.224. The lowest BCUT2D eigenvalue weighted by Gasteiger charge is -2.07. The third kappa shape index (κ3) is 1.70. The van der Waals surface area contributed by atoms with Gasteiger partial charge in [0.25, 0.3) is 0 Å². The number of phenols is 1. The van der Waals surface area contributed by atoms with Crippen LogP contribution in [-0.4, -0.2) is 11.7 Å². The van der Waals surface area contributed by atoms with E-state index in [2.05, 4.69) is 0 Å². The maximum atomic E-state index is 9.56. The second-order valence-corrected chi connectivity index (χ2v) is 2.42. The van der Waals surface area contributed by atoms with E-state index in [1.54, 1.807) is 6.07 Å². The standard InChI is InChI=1S/C10H13O2/c1-3-8-6-5-7-9(10(8)11)12-4-2/h3,5-7,11H,4H2,1-2H3. The van der Waals surface area contributed by atoms with E-state index < -0.39 is 0 Å². The van der Waals surface area contributed by atoms with Gasteiger partial charge in [-0.1, -0.05) is 19.1 Å². The smallest absolute Gasteiger partial charge is 0.161 e.